The zero-order valence-corrected chi connectivity index (χ0v) is 16.4. The number of piperidine rings is 1. The van der Waals surface area contributed by atoms with Crippen LogP contribution >= 0.6 is 0 Å². The first-order chi connectivity index (χ1) is 12.3. The number of aryl methyl sites for hydroxylation is 1. The molecule has 3 rings (SSSR count). The highest BCUT2D eigenvalue weighted by Gasteiger charge is 2.28. The number of imidazole rings is 1. The van der Waals surface area contributed by atoms with Crippen LogP contribution in [0.2, 0.25) is 0 Å². The fourth-order valence-corrected chi connectivity index (χ4v) is 4.34. The van der Waals surface area contributed by atoms with E-state index in [0.29, 0.717) is 36.2 Å². The number of nitrogens with zero attached hydrogens (tertiary/aromatic N) is 4. The highest BCUT2D eigenvalue weighted by molar-refractivity contribution is 5.71. The molecular formula is C18H30N5O3+. The maximum Gasteiger partial charge on any atom is 0.332 e. The Morgan fingerprint density at radius 1 is 1.15 bits per heavy atom. The van der Waals surface area contributed by atoms with Crippen molar-refractivity contribution >= 4 is 11.2 Å². The van der Waals surface area contributed by atoms with Crippen LogP contribution in [0.3, 0.4) is 0 Å². The maximum atomic E-state index is 12.7. The molecule has 0 aliphatic carbocycles. The van der Waals surface area contributed by atoms with Gasteiger partial charge >= 0.3 is 5.69 Å². The van der Waals surface area contributed by atoms with Crippen LogP contribution in [0.15, 0.2) is 9.59 Å². The molecule has 1 aliphatic rings. The number of rotatable bonds is 5. The van der Waals surface area contributed by atoms with Crippen molar-refractivity contribution in [3.05, 3.63) is 26.7 Å². The Balaban J connectivity index is 2.09. The summed E-state index contributed by atoms with van der Waals surface area (Å²) in [7, 11) is 4.82. The van der Waals surface area contributed by atoms with Gasteiger partial charge in [-0.15, -0.1) is 0 Å². The third kappa shape index (κ3) is 3.35. The van der Waals surface area contributed by atoms with Crippen LogP contribution in [0.25, 0.3) is 11.2 Å². The lowest BCUT2D eigenvalue weighted by molar-refractivity contribution is -0.926. The van der Waals surface area contributed by atoms with Gasteiger partial charge in [0.05, 0.1) is 19.7 Å². The molecule has 1 saturated heterocycles. The van der Waals surface area contributed by atoms with Gasteiger partial charge in [0.2, 0.25) is 0 Å². The number of hydrogen-bond acceptors (Lipinski definition) is 4. The van der Waals surface area contributed by atoms with Crippen molar-refractivity contribution < 1.29 is 9.64 Å². The summed E-state index contributed by atoms with van der Waals surface area (Å²) >= 11 is 0. The van der Waals surface area contributed by atoms with Crippen LogP contribution in [-0.4, -0.2) is 45.5 Å². The standard InChI is InChI=1S/C18H29N5O3/c1-12-8-13(2)10-22(9-12)11-14-19-16-15(23(14)6-7-26-5)17(24)21(4)18(25)20(16)3/h12-13H,6-11H2,1-5H3/p+1/t12-,13-/m1/s1. The predicted molar refractivity (Wildman–Crippen MR) is 99.4 cm³/mol. The van der Waals surface area contributed by atoms with Gasteiger partial charge < -0.3 is 14.2 Å². The van der Waals surface area contributed by atoms with Crippen molar-refractivity contribution in [2.75, 3.05) is 26.8 Å². The average Bonchev–Trinajstić information content (AvgIpc) is 2.93. The molecule has 0 amide bonds. The zero-order valence-electron chi connectivity index (χ0n) is 16.4. The van der Waals surface area contributed by atoms with E-state index in [4.69, 9.17) is 9.72 Å². The van der Waals surface area contributed by atoms with E-state index in [1.54, 1.807) is 14.2 Å². The number of likely N-dealkylation sites (tertiary alicyclic amines) is 1. The number of methoxy groups -OCH3 is 1. The van der Waals surface area contributed by atoms with Crippen LogP contribution in [-0.2, 0) is 31.9 Å². The lowest BCUT2D eigenvalue weighted by Crippen LogP contribution is -3.13. The molecule has 26 heavy (non-hydrogen) atoms. The summed E-state index contributed by atoms with van der Waals surface area (Å²) in [6, 6.07) is 0. The van der Waals surface area contributed by atoms with Crippen LogP contribution in [0.5, 0.6) is 0 Å². The third-order valence-corrected chi connectivity index (χ3v) is 5.43. The van der Waals surface area contributed by atoms with Crippen LogP contribution in [0.1, 0.15) is 26.1 Å². The lowest BCUT2D eigenvalue weighted by atomic mass is 9.92. The van der Waals surface area contributed by atoms with Crippen molar-refractivity contribution in [3.8, 4) is 0 Å². The Morgan fingerprint density at radius 2 is 1.81 bits per heavy atom. The number of quaternary nitrogens is 1. The highest BCUT2D eigenvalue weighted by Crippen LogP contribution is 2.14. The largest absolute Gasteiger partial charge is 0.383 e. The SMILES string of the molecule is COCCn1c(C[NH+]2C[C@H](C)C[C@@H](C)C2)nc2c1c(=O)n(C)c(=O)n2C. The molecule has 1 N–H and O–H groups in total. The van der Waals surface area contributed by atoms with Gasteiger partial charge in [-0.3, -0.25) is 13.9 Å². The Labute approximate surface area is 153 Å². The van der Waals surface area contributed by atoms with Crippen molar-refractivity contribution in [1.29, 1.82) is 0 Å². The topological polar surface area (TPSA) is 75.5 Å². The number of hydrogen-bond donors (Lipinski definition) is 1. The smallest absolute Gasteiger partial charge is 0.332 e. The normalized spacial score (nSPS) is 23.7. The summed E-state index contributed by atoms with van der Waals surface area (Å²) in [5.74, 6) is 2.22. The van der Waals surface area contributed by atoms with Gasteiger partial charge in [0.1, 0.15) is 6.54 Å². The summed E-state index contributed by atoms with van der Waals surface area (Å²) in [5, 5.41) is 0. The minimum absolute atomic E-state index is 0.298. The van der Waals surface area contributed by atoms with Gasteiger partial charge in [0, 0.05) is 39.6 Å². The number of nitrogens with one attached hydrogen (secondary N) is 1. The molecule has 0 saturated carbocycles. The average molecular weight is 364 g/mol. The Kier molecular flexibility index (Phi) is 5.34. The molecule has 2 aromatic heterocycles. The van der Waals surface area contributed by atoms with E-state index in [-0.39, 0.29) is 11.2 Å². The summed E-state index contributed by atoms with van der Waals surface area (Å²) in [4.78, 5) is 31.2. The quantitative estimate of drug-likeness (QED) is 0.749. The zero-order chi connectivity index (χ0) is 19.0. The maximum absolute atomic E-state index is 12.7. The molecule has 8 nitrogen and oxygen atoms in total. The number of fused-ring (bicyclic) bond motifs is 1. The van der Waals surface area contributed by atoms with E-state index in [1.807, 2.05) is 4.57 Å². The molecular weight excluding hydrogens is 334 g/mol. The Bertz CT molecular complexity index is 900. The summed E-state index contributed by atoms with van der Waals surface area (Å²) < 4.78 is 9.78. The van der Waals surface area contributed by atoms with E-state index in [9.17, 15) is 9.59 Å². The number of ether oxygens (including phenoxy) is 1. The number of aromatic nitrogens is 4. The fraction of sp³-hybridized carbons (Fsp3) is 0.722. The van der Waals surface area contributed by atoms with E-state index in [1.165, 1.54) is 22.9 Å². The van der Waals surface area contributed by atoms with Crippen LogP contribution in [0.4, 0.5) is 0 Å². The molecule has 0 bridgehead atoms. The molecule has 144 valence electrons. The van der Waals surface area contributed by atoms with Gasteiger partial charge in [0.15, 0.2) is 17.0 Å². The highest BCUT2D eigenvalue weighted by atomic mass is 16.5. The first-order valence-corrected chi connectivity index (χ1v) is 9.31. The monoisotopic (exact) mass is 364 g/mol. The van der Waals surface area contributed by atoms with E-state index in [0.717, 1.165) is 30.0 Å². The van der Waals surface area contributed by atoms with Crippen molar-refractivity contribution in [3.63, 3.8) is 0 Å². The minimum atomic E-state index is -0.349. The third-order valence-electron chi connectivity index (χ3n) is 5.43. The second kappa shape index (κ2) is 7.36. The molecule has 1 fully saturated rings. The van der Waals surface area contributed by atoms with Gasteiger partial charge in [-0.1, -0.05) is 13.8 Å². The second-order valence-corrected chi connectivity index (χ2v) is 7.83. The lowest BCUT2D eigenvalue weighted by Gasteiger charge is -2.31. The summed E-state index contributed by atoms with van der Waals surface area (Å²) in [6.07, 6.45) is 1.26. The molecule has 0 spiro atoms. The first kappa shape index (κ1) is 18.8. The molecule has 0 unspecified atom stereocenters. The Hall–Kier alpha value is -1.93. The minimum Gasteiger partial charge on any atom is -0.383 e. The fourth-order valence-electron chi connectivity index (χ4n) is 4.34. The second-order valence-electron chi connectivity index (χ2n) is 7.83. The molecule has 3 heterocycles. The molecule has 8 heteroatoms. The van der Waals surface area contributed by atoms with Crippen molar-refractivity contribution in [2.24, 2.45) is 25.9 Å². The van der Waals surface area contributed by atoms with E-state index >= 15 is 0 Å². The Morgan fingerprint density at radius 3 is 2.42 bits per heavy atom. The van der Waals surface area contributed by atoms with E-state index in [2.05, 4.69) is 13.8 Å². The molecule has 2 aromatic rings. The molecule has 1 aliphatic heterocycles. The summed E-state index contributed by atoms with van der Waals surface area (Å²) in [6.45, 7) is 8.60. The van der Waals surface area contributed by atoms with Crippen LogP contribution < -0.4 is 16.1 Å². The first-order valence-electron chi connectivity index (χ1n) is 9.31. The van der Waals surface area contributed by atoms with Gasteiger partial charge in [-0.2, -0.15) is 0 Å². The van der Waals surface area contributed by atoms with Gasteiger partial charge in [0.25, 0.3) is 5.56 Å². The van der Waals surface area contributed by atoms with Crippen molar-refractivity contribution in [1.82, 2.24) is 18.7 Å². The molecule has 2 atom stereocenters. The van der Waals surface area contributed by atoms with E-state index < -0.39 is 0 Å². The van der Waals surface area contributed by atoms with Gasteiger partial charge in [-0.05, 0) is 6.42 Å². The summed E-state index contributed by atoms with van der Waals surface area (Å²) in [5.41, 5.74) is 0.298. The van der Waals surface area contributed by atoms with Gasteiger partial charge in [-0.25, -0.2) is 9.78 Å². The molecule has 0 aromatic carbocycles. The van der Waals surface area contributed by atoms with Crippen molar-refractivity contribution in [2.45, 2.75) is 33.4 Å². The predicted octanol–water partition coefficient (Wildman–Crippen LogP) is -0.859. The molecule has 0 radical (unpaired) electrons. The van der Waals surface area contributed by atoms with Crippen LogP contribution in [0, 0.1) is 11.8 Å².